The van der Waals surface area contributed by atoms with Crippen molar-refractivity contribution < 1.29 is 19.1 Å². The van der Waals surface area contributed by atoms with Gasteiger partial charge >= 0.3 is 0 Å². The Morgan fingerprint density at radius 3 is 2.67 bits per heavy atom. The molecule has 2 aliphatic rings. The van der Waals surface area contributed by atoms with Crippen molar-refractivity contribution in [2.24, 2.45) is 11.8 Å². The summed E-state index contributed by atoms with van der Waals surface area (Å²) in [7, 11) is 0. The summed E-state index contributed by atoms with van der Waals surface area (Å²) in [4.78, 5) is 33.9. The van der Waals surface area contributed by atoms with Crippen molar-refractivity contribution in [2.45, 2.75) is 64.6 Å². The van der Waals surface area contributed by atoms with Crippen molar-refractivity contribution in [1.29, 1.82) is 0 Å². The van der Waals surface area contributed by atoms with Gasteiger partial charge in [0, 0.05) is 68.0 Å². The molecule has 11 nitrogen and oxygen atoms in total. The Kier molecular flexibility index (Phi) is 9.35. The molecule has 0 aromatic carbocycles. The predicted octanol–water partition coefficient (Wildman–Crippen LogP) is 2.96. The van der Waals surface area contributed by atoms with E-state index in [1.165, 1.54) is 0 Å². The number of ether oxygens (including phenoxy) is 2. The fraction of sp³-hybridized carbons (Fsp3) is 0.552. The number of fused-ring (bicyclic) bond motifs is 1. The van der Waals surface area contributed by atoms with Crippen molar-refractivity contribution in [3.05, 3.63) is 42.6 Å². The van der Waals surface area contributed by atoms with Crippen LogP contribution in [0.5, 0.6) is 0 Å². The Balaban J connectivity index is 1.09. The maximum Gasteiger partial charge on any atom is 0.228 e. The Labute approximate surface area is 234 Å². The second kappa shape index (κ2) is 13.3. The smallest absolute Gasteiger partial charge is 0.228 e. The van der Waals surface area contributed by atoms with Crippen molar-refractivity contribution in [3.63, 3.8) is 0 Å². The lowest BCUT2D eigenvalue weighted by Gasteiger charge is -2.37. The molecular weight excluding hydrogens is 510 g/mol. The monoisotopic (exact) mass is 549 g/mol. The van der Waals surface area contributed by atoms with E-state index in [4.69, 9.17) is 9.47 Å². The zero-order chi connectivity index (χ0) is 27.9. The van der Waals surface area contributed by atoms with Crippen LogP contribution < -0.4 is 16.0 Å². The van der Waals surface area contributed by atoms with Crippen molar-refractivity contribution in [1.82, 2.24) is 30.2 Å². The van der Waals surface area contributed by atoms with Gasteiger partial charge in [-0.1, -0.05) is 13.8 Å². The minimum Gasteiger partial charge on any atom is -0.381 e. The topological polar surface area (TPSA) is 132 Å². The molecule has 2 atom stereocenters. The highest BCUT2D eigenvalue weighted by Crippen LogP contribution is 2.29. The number of nitrogens with one attached hydrogen (secondary N) is 3. The van der Waals surface area contributed by atoms with Crippen LogP contribution in [0.4, 0.5) is 5.82 Å². The summed E-state index contributed by atoms with van der Waals surface area (Å²) in [6.07, 6.45) is 9.65. The third-order valence-corrected chi connectivity index (χ3v) is 7.63. The highest BCUT2D eigenvalue weighted by Gasteiger charge is 2.35. The van der Waals surface area contributed by atoms with Crippen LogP contribution in [0.15, 0.2) is 36.8 Å². The van der Waals surface area contributed by atoms with E-state index < -0.39 is 0 Å². The molecule has 40 heavy (non-hydrogen) atoms. The van der Waals surface area contributed by atoms with Gasteiger partial charge in [0.25, 0.3) is 0 Å². The van der Waals surface area contributed by atoms with E-state index in [0.29, 0.717) is 44.6 Å². The molecule has 0 radical (unpaired) electrons. The summed E-state index contributed by atoms with van der Waals surface area (Å²) in [6.45, 7) is 7.03. The molecule has 2 fully saturated rings. The molecule has 0 bridgehead atoms. The van der Waals surface area contributed by atoms with Gasteiger partial charge in [-0.15, -0.1) is 0 Å². The predicted molar refractivity (Wildman–Crippen MR) is 150 cm³/mol. The molecule has 3 aromatic heterocycles. The SMILES string of the molecule is CCCOCc1ncc(-c2ccn3nc(NC(=O)[C@H]4C[C@@H](N[C@@H](CC)CNC(=O)C5CCOC5)C4)cc3c2)cn1. The van der Waals surface area contributed by atoms with Gasteiger partial charge in [-0.2, -0.15) is 5.10 Å². The summed E-state index contributed by atoms with van der Waals surface area (Å²) in [6, 6.07) is 6.27. The molecule has 11 heteroatoms. The Bertz CT molecular complexity index is 1280. The zero-order valence-corrected chi connectivity index (χ0v) is 23.3. The summed E-state index contributed by atoms with van der Waals surface area (Å²) < 4.78 is 12.6. The van der Waals surface area contributed by atoms with E-state index in [9.17, 15) is 9.59 Å². The number of hydrogen-bond donors (Lipinski definition) is 3. The average Bonchev–Trinajstić information content (AvgIpc) is 3.62. The molecule has 1 unspecified atom stereocenters. The minimum atomic E-state index is -0.0578. The molecular formula is C29H39N7O4. The van der Waals surface area contributed by atoms with Crippen LogP contribution in [0.2, 0.25) is 0 Å². The number of amides is 2. The molecule has 1 aliphatic heterocycles. The molecule has 0 spiro atoms. The molecule has 1 saturated carbocycles. The van der Waals surface area contributed by atoms with Gasteiger partial charge in [0.2, 0.25) is 11.8 Å². The van der Waals surface area contributed by atoms with Gasteiger partial charge in [0.05, 0.1) is 18.0 Å². The van der Waals surface area contributed by atoms with Crippen LogP contribution in [0.3, 0.4) is 0 Å². The van der Waals surface area contributed by atoms with E-state index in [1.807, 2.05) is 24.4 Å². The minimum absolute atomic E-state index is 0.0152. The van der Waals surface area contributed by atoms with E-state index in [0.717, 1.165) is 48.7 Å². The first-order valence-electron chi connectivity index (χ1n) is 14.3. The molecule has 2 amide bonds. The fourth-order valence-electron chi connectivity index (χ4n) is 5.08. The molecule has 214 valence electrons. The van der Waals surface area contributed by atoms with Gasteiger partial charge < -0.3 is 25.4 Å². The number of hydrogen-bond acceptors (Lipinski definition) is 8. The summed E-state index contributed by atoms with van der Waals surface area (Å²) in [5.74, 6) is 1.16. The standard InChI is InChI=1S/C29H39N7O4/c1-3-8-39-18-27-30-14-22(15-31-27)19-5-7-36-25(12-19)13-26(35-36)34-29(38)21-10-24(11-21)33-23(4-2)16-32-28(37)20-6-9-40-17-20/h5,7,12-15,20-21,23-24,33H,3-4,6,8-11,16-18H2,1-2H3,(H,32,37)(H,34,35,38)/t20?,21-,23-,24+/m0/s1. The van der Waals surface area contributed by atoms with Gasteiger partial charge in [-0.3, -0.25) is 9.59 Å². The third kappa shape index (κ3) is 7.01. The highest BCUT2D eigenvalue weighted by molar-refractivity contribution is 5.93. The Hall–Kier alpha value is -3.41. The fourth-order valence-corrected chi connectivity index (χ4v) is 5.08. The molecule has 5 rings (SSSR count). The first-order valence-corrected chi connectivity index (χ1v) is 14.3. The van der Waals surface area contributed by atoms with Crippen LogP contribution in [0.25, 0.3) is 16.6 Å². The number of pyridine rings is 1. The van der Waals surface area contributed by atoms with E-state index in [-0.39, 0.29) is 35.7 Å². The molecule has 1 aliphatic carbocycles. The maximum atomic E-state index is 12.9. The molecule has 3 aromatic rings. The Morgan fingerprint density at radius 2 is 1.95 bits per heavy atom. The van der Waals surface area contributed by atoms with Crippen molar-refractivity contribution in [2.75, 3.05) is 31.7 Å². The highest BCUT2D eigenvalue weighted by atomic mass is 16.5. The number of carbonyl (C=O) groups excluding carboxylic acids is 2. The number of nitrogens with zero attached hydrogens (tertiary/aromatic N) is 4. The van der Waals surface area contributed by atoms with Crippen LogP contribution in [0, 0.1) is 11.8 Å². The third-order valence-electron chi connectivity index (χ3n) is 7.63. The second-order valence-corrected chi connectivity index (χ2v) is 10.7. The van der Waals surface area contributed by atoms with Crippen molar-refractivity contribution in [3.8, 4) is 11.1 Å². The zero-order valence-electron chi connectivity index (χ0n) is 23.3. The van der Waals surface area contributed by atoms with E-state index >= 15 is 0 Å². The maximum absolute atomic E-state index is 12.9. The quantitative estimate of drug-likeness (QED) is 0.277. The lowest BCUT2D eigenvalue weighted by Crippen LogP contribution is -2.52. The molecule has 4 heterocycles. The normalized spacial score (nSPS) is 21.2. The van der Waals surface area contributed by atoms with Gasteiger partial charge in [-0.25, -0.2) is 14.5 Å². The van der Waals surface area contributed by atoms with Crippen LogP contribution in [0.1, 0.15) is 51.8 Å². The number of carbonyl (C=O) groups is 2. The van der Waals surface area contributed by atoms with E-state index in [2.05, 4.69) is 44.9 Å². The van der Waals surface area contributed by atoms with Crippen LogP contribution >= 0.6 is 0 Å². The van der Waals surface area contributed by atoms with Gasteiger partial charge in [-0.05, 0) is 49.8 Å². The van der Waals surface area contributed by atoms with Crippen LogP contribution in [-0.2, 0) is 25.7 Å². The number of rotatable bonds is 13. The van der Waals surface area contributed by atoms with Crippen molar-refractivity contribution >= 4 is 23.1 Å². The Morgan fingerprint density at radius 1 is 1.12 bits per heavy atom. The molecule has 3 N–H and O–H groups in total. The first-order chi connectivity index (χ1) is 19.5. The summed E-state index contributed by atoms with van der Waals surface area (Å²) in [5, 5.41) is 14.1. The van der Waals surface area contributed by atoms with Gasteiger partial charge in [0.15, 0.2) is 11.6 Å². The lowest BCUT2D eigenvalue weighted by atomic mass is 9.79. The first kappa shape index (κ1) is 28.1. The van der Waals surface area contributed by atoms with Gasteiger partial charge in [0.1, 0.15) is 6.61 Å². The average molecular weight is 550 g/mol. The van der Waals surface area contributed by atoms with Crippen LogP contribution in [-0.4, -0.2) is 69.8 Å². The largest absolute Gasteiger partial charge is 0.381 e. The summed E-state index contributed by atoms with van der Waals surface area (Å²) >= 11 is 0. The second-order valence-electron chi connectivity index (χ2n) is 10.7. The lowest BCUT2D eigenvalue weighted by molar-refractivity contribution is -0.125. The van der Waals surface area contributed by atoms with E-state index in [1.54, 1.807) is 16.9 Å². The number of aromatic nitrogens is 4. The number of anilines is 1. The summed E-state index contributed by atoms with van der Waals surface area (Å²) in [5.41, 5.74) is 2.74. The molecule has 1 saturated heterocycles.